The Labute approximate surface area is 93.7 Å². The van der Waals surface area contributed by atoms with Gasteiger partial charge >= 0.3 is 0 Å². The lowest BCUT2D eigenvalue weighted by atomic mass is 10.3. The summed E-state index contributed by atoms with van der Waals surface area (Å²) in [4.78, 5) is 6.21. The topological polar surface area (TPSA) is 54.2 Å². The highest BCUT2D eigenvalue weighted by Crippen LogP contribution is 2.12. The Bertz CT molecular complexity index is 360. The van der Waals surface area contributed by atoms with Crippen molar-refractivity contribution in [2.24, 2.45) is 5.73 Å². The molecule has 1 saturated heterocycles. The minimum Gasteiger partial charge on any atom is -0.402 e. The molecule has 2 rings (SSSR count). The van der Waals surface area contributed by atoms with Gasteiger partial charge in [-0.15, -0.1) is 0 Å². The third-order valence-corrected chi connectivity index (χ3v) is 2.57. The van der Waals surface area contributed by atoms with E-state index in [1.807, 2.05) is 6.07 Å². The first-order chi connectivity index (χ1) is 7.29. The van der Waals surface area contributed by atoms with Crippen molar-refractivity contribution in [2.45, 2.75) is 6.54 Å². The number of pyridine rings is 1. The molecule has 0 atom stereocenters. The van der Waals surface area contributed by atoms with Crippen molar-refractivity contribution in [3.05, 3.63) is 41.1 Å². The summed E-state index contributed by atoms with van der Waals surface area (Å²) >= 11 is 5.72. The van der Waals surface area contributed by atoms with Gasteiger partial charge in [-0.25, -0.2) is 4.98 Å². The molecule has 1 aromatic rings. The normalized spacial score (nSPS) is 18.2. The highest BCUT2D eigenvalue weighted by molar-refractivity contribution is 6.29. The number of rotatable bonds is 2. The molecule has 1 aliphatic rings. The Hall–Kier alpha value is -1.42. The summed E-state index contributed by atoms with van der Waals surface area (Å²) < 4.78 is 0. The van der Waals surface area contributed by atoms with Gasteiger partial charge in [0, 0.05) is 32.0 Å². The van der Waals surface area contributed by atoms with Crippen LogP contribution in [0.15, 0.2) is 30.4 Å². The lowest BCUT2D eigenvalue weighted by Crippen LogP contribution is -2.20. The first-order valence-corrected chi connectivity index (χ1v) is 5.18. The first-order valence-electron chi connectivity index (χ1n) is 4.81. The molecule has 0 bridgehead atoms. The minimum absolute atomic E-state index is 0.521. The number of halogens is 1. The van der Waals surface area contributed by atoms with E-state index in [0.29, 0.717) is 5.15 Å². The molecule has 1 aromatic heterocycles. The third kappa shape index (κ3) is 2.33. The van der Waals surface area contributed by atoms with Gasteiger partial charge in [0.25, 0.3) is 0 Å². The van der Waals surface area contributed by atoms with Crippen LogP contribution in [0.4, 0.5) is 0 Å². The van der Waals surface area contributed by atoms with Crippen molar-refractivity contribution in [3.63, 3.8) is 0 Å². The maximum absolute atomic E-state index is 5.72. The molecule has 0 radical (unpaired) electrons. The SMILES string of the molecule is N/C=C1/NCCN1Cc1ccc(Cl)nc1. The van der Waals surface area contributed by atoms with Gasteiger partial charge in [0.2, 0.25) is 0 Å². The molecule has 0 spiro atoms. The number of nitrogens with two attached hydrogens (primary N) is 1. The first kappa shape index (κ1) is 10.1. The minimum atomic E-state index is 0.521. The van der Waals surface area contributed by atoms with Crippen LogP contribution in [-0.2, 0) is 6.54 Å². The van der Waals surface area contributed by atoms with E-state index in [-0.39, 0.29) is 0 Å². The second kappa shape index (κ2) is 4.40. The van der Waals surface area contributed by atoms with Crippen LogP contribution in [0.2, 0.25) is 5.15 Å². The maximum atomic E-state index is 5.72. The fourth-order valence-electron chi connectivity index (χ4n) is 1.60. The highest BCUT2D eigenvalue weighted by atomic mass is 35.5. The molecule has 0 amide bonds. The molecule has 0 unspecified atom stereocenters. The summed E-state index contributed by atoms with van der Waals surface area (Å²) in [6, 6.07) is 3.77. The van der Waals surface area contributed by atoms with E-state index in [4.69, 9.17) is 17.3 Å². The fraction of sp³-hybridized carbons (Fsp3) is 0.300. The number of hydrogen-bond acceptors (Lipinski definition) is 4. The van der Waals surface area contributed by atoms with Crippen molar-refractivity contribution in [1.82, 2.24) is 15.2 Å². The summed E-state index contributed by atoms with van der Waals surface area (Å²) in [5.74, 6) is 0.977. The van der Waals surface area contributed by atoms with Gasteiger partial charge in [0.1, 0.15) is 11.0 Å². The van der Waals surface area contributed by atoms with E-state index in [2.05, 4.69) is 15.2 Å². The molecule has 15 heavy (non-hydrogen) atoms. The largest absolute Gasteiger partial charge is 0.402 e. The lowest BCUT2D eigenvalue weighted by molar-refractivity contribution is 0.387. The maximum Gasteiger partial charge on any atom is 0.129 e. The van der Waals surface area contributed by atoms with E-state index < -0.39 is 0 Å². The van der Waals surface area contributed by atoms with Crippen LogP contribution in [0, 0.1) is 0 Å². The predicted molar refractivity (Wildman–Crippen MR) is 59.9 cm³/mol. The van der Waals surface area contributed by atoms with Crippen LogP contribution >= 0.6 is 11.6 Å². The van der Waals surface area contributed by atoms with Crippen LogP contribution in [-0.4, -0.2) is 23.0 Å². The van der Waals surface area contributed by atoms with E-state index in [1.165, 1.54) is 0 Å². The van der Waals surface area contributed by atoms with Crippen LogP contribution < -0.4 is 11.1 Å². The number of nitrogens with one attached hydrogen (secondary N) is 1. The Morgan fingerprint density at radius 3 is 3.13 bits per heavy atom. The molecule has 0 aliphatic carbocycles. The average Bonchev–Trinajstić information content (AvgIpc) is 2.69. The standard InChI is InChI=1S/C10H13ClN4/c11-9-2-1-8(6-14-9)7-15-4-3-13-10(15)5-12/h1-2,5-6,13H,3-4,7,12H2/b10-5-. The van der Waals surface area contributed by atoms with Crippen LogP contribution in [0.3, 0.4) is 0 Å². The monoisotopic (exact) mass is 224 g/mol. The third-order valence-electron chi connectivity index (χ3n) is 2.35. The predicted octanol–water partition coefficient (Wildman–Crippen LogP) is 0.898. The summed E-state index contributed by atoms with van der Waals surface area (Å²) in [5, 5.41) is 3.72. The quantitative estimate of drug-likeness (QED) is 0.733. The van der Waals surface area contributed by atoms with E-state index >= 15 is 0 Å². The number of hydrogen-bond donors (Lipinski definition) is 2. The van der Waals surface area contributed by atoms with Crippen LogP contribution in [0.1, 0.15) is 5.56 Å². The molecular weight excluding hydrogens is 212 g/mol. The Morgan fingerprint density at radius 2 is 2.47 bits per heavy atom. The second-order valence-electron chi connectivity index (χ2n) is 3.39. The van der Waals surface area contributed by atoms with Gasteiger partial charge in [-0.05, 0) is 11.6 Å². The number of aromatic nitrogens is 1. The van der Waals surface area contributed by atoms with Gasteiger partial charge in [0.15, 0.2) is 0 Å². The molecule has 1 aliphatic heterocycles. The van der Waals surface area contributed by atoms with Gasteiger partial charge < -0.3 is 16.0 Å². The van der Waals surface area contributed by atoms with Gasteiger partial charge in [0.05, 0.1) is 0 Å². The Kier molecular flexibility index (Phi) is 2.97. The second-order valence-corrected chi connectivity index (χ2v) is 3.78. The van der Waals surface area contributed by atoms with Gasteiger partial charge in [-0.2, -0.15) is 0 Å². The van der Waals surface area contributed by atoms with Crippen LogP contribution in [0.5, 0.6) is 0 Å². The van der Waals surface area contributed by atoms with E-state index in [1.54, 1.807) is 18.5 Å². The zero-order valence-corrected chi connectivity index (χ0v) is 9.04. The zero-order chi connectivity index (χ0) is 10.7. The van der Waals surface area contributed by atoms with E-state index in [9.17, 15) is 0 Å². The summed E-state index contributed by atoms with van der Waals surface area (Å²) in [5.41, 5.74) is 6.63. The van der Waals surface area contributed by atoms with Crippen LogP contribution in [0.25, 0.3) is 0 Å². The van der Waals surface area contributed by atoms with Gasteiger partial charge in [-0.1, -0.05) is 17.7 Å². The van der Waals surface area contributed by atoms with Crippen molar-refractivity contribution in [2.75, 3.05) is 13.1 Å². The van der Waals surface area contributed by atoms with Crippen molar-refractivity contribution >= 4 is 11.6 Å². The summed E-state index contributed by atoms with van der Waals surface area (Å²) in [7, 11) is 0. The molecule has 0 aromatic carbocycles. The zero-order valence-electron chi connectivity index (χ0n) is 8.28. The molecule has 80 valence electrons. The molecule has 1 fully saturated rings. The van der Waals surface area contributed by atoms with Crippen molar-refractivity contribution in [3.8, 4) is 0 Å². The van der Waals surface area contributed by atoms with Gasteiger partial charge in [-0.3, -0.25) is 0 Å². The highest BCUT2D eigenvalue weighted by Gasteiger charge is 2.15. The molecule has 3 N–H and O–H groups in total. The summed E-state index contributed by atoms with van der Waals surface area (Å²) in [6.07, 6.45) is 3.38. The Balaban J connectivity index is 2.05. The molecule has 5 heteroatoms. The van der Waals surface area contributed by atoms with Crippen molar-refractivity contribution < 1.29 is 0 Å². The lowest BCUT2D eigenvalue weighted by Gasteiger charge is -2.17. The smallest absolute Gasteiger partial charge is 0.129 e. The Morgan fingerprint density at radius 1 is 1.60 bits per heavy atom. The summed E-state index contributed by atoms with van der Waals surface area (Å²) in [6.45, 7) is 2.70. The fourth-order valence-corrected chi connectivity index (χ4v) is 1.71. The average molecular weight is 225 g/mol. The van der Waals surface area contributed by atoms with Crippen molar-refractivity contribution in [1.29, 1.82) is 0 Å². The van der Waals surface area contributed by atoms with E-state index in [0.717, 1.165) is 31.0 Å². The molecular formula is C10H13ClN4. The molecule has 2 heterocycles. The molecule has 4 nitrogen and oxygen atoms in total. The molecule has 0 saturated carbocycles. The number of nitrogens with zero attached hydrogens (tertiary/aromatic N) is 2.